The average Bonchev–Trinajstić information content (AvgIpc) is 2.75. The molecule has 0 saturated carbocycles. The number of aryl methyl sites for hydroxylation is 2. The number of hydrogen-bond acceptors (Lipinski definition) is 3. The molecule has 0 radical (unpaired) electrons. The molecular formula is C15H25N3O2S. The van der Waals surface area contributed by atoms with Crippen LogP contribution in [-0.4, -0.2) is 41.3 Å². The van der Waals surface area contributed by atoms with E-state index in [1.165, 1.54) is 5.69 Å². The maximum atomic E-state index is 12.1. The van der Waals surface area contributed by atoms with E-state index in [1.807, 2.05) is 11.6 Å². The van der Waals surface area contributed by atoms with Gasteiger partial charge in [0.1, 0.15) is 0 Å². The van der Waals surface area contributed by atoms with Crippen molar-refractivity contribution in [1.29, 1.82) is 0 Å². The first-order chi connectivity index (χ1) is 9.92. The van der Waals surface area contributed by atoms with E-state index in [2.05, 4.69) is 24.7 Å². The van der Waals surface area contributed by atoms with Crippen molar-refractivity contribution in [1.82, 2.24) is 14.1 Å². The highest BCUT2D eigenvalue weighted by Gasteiger charge is 2.27. The van der Waals surface area contributed by atoms with E-state index in [1.54, 1.807) is 10.4 Å². The lowest BCUT2D eigenvalue weighted by Gasteiger charge is -2.31. The summed E-state index contributed by atoms with van der Waals surface area (Å²) in [4.78, 5) is 0. The van der Waals surface area contributed by atoms with E-state index in [0.29, 0.717) is 25.4 Å². The van der Waals surface area contributed by atoms with Crippen molar-refractivity contribution < 1.29 is 8.42 Å². The van der Waals surface area contributed by atoms with Gasteiger partial charge in [-0.1, -0.05) is 6.08 Å². The molecule has 0 atom stereocenters. The van der Waals surface area contributed by atoms with Crippen molar-refractivity contribution in [2.45, 2.75) is 39.7 Å². The number of sulfonamides is 1. The first-order valence-electron chi connectivity index (χ1n) is 7.52. The Kier molecular flexibility index (Phi) is 5.22. The van der Waals surface area contributed by atoms with Gasteiger partial charge in [0.2, 0.25) is 10.0 Å². The van der Waals surface area contributed by atoms with Gasteiger partial charge in [-0.15, -0.1) is 6.58 Å². The molecule has 0 spiro atoms. The Labute approximate surface area is 127 Å². The molecule has 1 aliphatic heterocycles. The largest absolute Gasteiger partial charge is 0.269 e. The summed E-state index contributed by atoms with van der Waals surface area (Å²) in [6.45, 7) is 9.79. The van der Waals surface area contributed by atoms with Crippen LogP contribution in [0.15, 0.2) is 18.7 Å². The average molecular weight is 311 g/mol. The number of nitrogens with zero attached hydrogens (tertiary/aromatic N) is 3. The van der Waals surface area contributed by atoms with Crippen LogP contribution in [0.5, 0.6) is 0 Å². The van der Waals surface area contributed by atoms with Crippen LogP contribution < -0.4 is 0 Å². The van der Waals surface area contributed by atoms with E-state index < -0.39 is 10.0 Å². The van der Waals surface area contributed by atoms with Crippen molar-refractivity contribution in [3.63, 3.8) is 0 Å². The van der Waals surface area contributed by atoms with Crippen LogP contribution in [0, 0.1) is 19.8 Å². The molecule has 1 aromatic rings. The lowest BCUT2D eigenvalue weighted by atomic mass is 9.98. The van der Waals surface area contributed by atoms with Gasteiger partial charge in [-0.25, -0.2) is 12.7 Å². The third-order valence-corrected chi connectivity index (χ3v) is 5.98. The summed E-state index contributed by atoms with van der Waals surface area (Å²) < 4.78 is 27.9. The molecule has 1 aromatic heterocycles. The van der Waals surface area contributed by atoms with Crippen LogP contribution in [0.3, 0.4) is 0 Å². The fourth-order valence-electron chi connectivity index (χ4n) is 2.84. The summed E-state index contributed by atoms with van der Waals surface area (Å²) in [5, 5.41) is 4.49. The first-order valence-corrected chi connectivity index (χ1v) is 9.13. The first kappa shape index (κ1) is 16.2. The molecule has 2 rings (SSSR count). The summed E-state index contributed by atoms with van der Waals surface area (Å²) in [6, 6.07) is 2.08. The van der Waals surface area contributed by atoms with Crippen LogP contribution in [-0.2, 0) is 16.6 Å². The summed E-state index contributed by atoms with van der Waals surface area (Å²) in [5.41, 5.74) is 2.21. The maximum absolute atomic E-state index is 12.1. The molecule has 6 heteroatoms. The quantitative estimate of drug-likeness (QED) is 0.756. The van der Waals surface area contributed by atoms with Gasteiger partial charge >= 0.3 is 0 Å². The third kappa shape index (κ3) is 4.17. The highest BCUT2D eigenvalue weighted by Crippen LogP contribution is 2.22. The zero-order valence-electron chi connectivity index (χ0n) is 13.0. The molecule has 118 valence electrons. The van der Waals surface area contributed by atoms with Crippen LogP contribution in [0.1, 0.15) is 30.7 Å². The van der Waals surface area contributed by atoms with Gasteiger partial charge in [-0.2, -0.15) is 5.10 Å². The highest BCUT2D eigenvalue weighted by molar-refractivity contribution is 7.89. The van der Waals surface area contributed by atoms with Gasteiger partial charge < -0.3 is 0 Å². The van der Waals surface area contributed by atoms with E-state index in [9.17, 15) is 8.42 Å². The monoisotopic (exact) mass is 311 g/mol. The highest BCUT2D eigenvalue weighted by atomic mass is 32.2. The second-order valence-corrected chi connectivity index (χ2v) is 7.93. The molecular weight excluding hydrogens is 286 g/mol. The lowest BCUT2D eigenvalue weighted by molar-refractivity contribution is 0.246. The molecule has 0 amide bonds. The minimum Gasteiger partial charge on any atom is -0.269 e. The molecule has 21 heavy (non-hydrogen) atoms. The summed E-state index contributed by atoms with van der Waals surface area (Å²) >= 11 is 0. The fraction of sp³-hybridized carbons (Fsp3) is 0.667. The Bertz CT molecular complexity index is 584. The lowest BCUT2D eigenvalue weighted by Crippen LogP contribution is -2.40. The second-order valence-electron chi connectivity index (χ2n) is 5.84. The summed E-state index contributed by atoms with van der Waals surface area (Å²) in [6.07, 6.45) is 4.00. The van der Waals surface area contributed by atoms with Crippen molar-refractivity contribution >= 4 is 10.0 Å². The number of rotatable bonds is 6. The zero-order valence-corrected chi connectivity index (χ0v) is 13.8. The maximum Gasteiger partial charge on any atom is 0.214 e. The normalized spacial score (nSPS) is 18.0. The molecule has 5 nitrogen and oxygen atoms in total. The molecule has 1 fully saturated rings. The van der Waals surface area contributed by atoms with Gasteiger partial charge in [0.05, 0.1) is 11.4 Å². The zero-order chi connectivity index (χ0) is 15.5. The Morgan fingerprint density at radius 2 is 2.05 bits per heavy atom. The van der Waals surface area contributed by atoms with Gasteiger partial charge in [0, 0.05) is 25.3 Å². The SMILES string of the molecule is C=CCCS(=O)(=O)N1CCC(Cn2nc(C)cc2C)CC1. The smallest absolute Gasteiger partial charge is 0.214 e. The fourth-order valence-corrected chi connectivity index (χ4v) is 4.33. The topological polar surface area (TPSA) is 55.2 Å². The molecule has 2 heterocycles. The van der Waals surface area contributed by atoms with Crippen molar-refractivity contribution in [2.75, 3.05) is 18.8 Å². The minimum atomic E-state index is -3.11. The van der Waals surface area contributed by atoms with E-state index in [-0.39, 0.29) is 5.75 Å². The number of allylic oxidation sites excluding steroid dienone is 1. The molecule has 1 saturated heterocycles. The Morgan fingerprint density at radius 1 is 1.38 bits per heavy atom. The van der Waals surface area contributed by atoms with Gasteiger partial charge in [0.25, 0.3) is 0 Å². The van der Waals surface area contributed by atoms with E-state index in [0.717, 1.165) is 25.1 Å². The van der Waals surface area contributed by atoms with Crippen LogP contribution in [0.25, 0.3) is 0 Å². The van der Waals surface area contributed by atoms with Crippen LogP contribution in [0.2, 0.25) is 0 Å². The summed E-state index contributed by atoms with van der Waals surface area (Å²) in [7, 11) is -3.11. The molecule has 0 N–H and O–H groups in total. The third-order valence-electron chi connectivity index (χ3n) is 4.08. The minimum absolute atomic E-state index is 0.179. The van der Waals surface area contributed by atoms with Crippen LogP contribution in [0.4, 0.5) is 0 Å². The number of piperidine rings is 1. The molecule has 0 unspecified atom stereocenters. The Morgan fingerprint density at radius 3 is 2.57 bits per heavy atom. The van der Waals surface area contributed by atoms with E-state index in [4.69, 9.17) is 0 Å². The Hall–Kier alpha value is -1.14. The van der Waals surface area contributed by atoms with Gasteiger partial charge in [-0.3, -0.25) is 4.68 Å². The second kappa shape index (κ2) is 6.75. The molecule has 1 aliphatic rings. The van der Waals surface area contributed by atoms with Gasteiger partial charge in [-0.05, 0) is 45.1 Å². The summed E-state index contributed by atoms with van der Waals surface area (Å²) in [5.74, 6) is 0.687. The van der Waals surface area contributed by atoms with Crippen molar-refractivity contribution in [2.24, 2.45) is 5.92 Å². The van der Waals surface area contributed by atoms with Gasteiger partial charge in [0.15, 0.2) is 0 Å². The Balaban J connectivity index is 1.88. The van der Waals surface area contributed by atoms with E-state index >= 15 is 0 Å². The number of aromatic nitrogens is 2. The van der Waals surface area contributed by atoms with Crippen molar-refractivity contribution in [3.8, 4) is 0 Å². The predicted octanol–water partition coefficient (Wildman–Crippen LogP) is 2.12. The molecule has 0 aliphatic carbocycles. The van der Waals surface area contributed by atoms with Crippen LogP contribution >= 0.6 is 0 Å². The predicted molar refractivity (Wildman–Crippen MR) is 84.6 cm³/mol. The molecule has 0 bridgehead atoms. The molecule has 0 aromatic carbocycles. The van der Waals surface area contributed by atoms with Crippen molar-refractivity contribution in [3.05, 3.63) is 30.1 Å². The standard InChI is InChI=1S/C15H25N3O2S/c1-4-5-10-21(19,20)17-8-6-15(7-9-17)12-18-14(3)11-13(2)16-18/h4,11,15H,1,5-10,12H2,2-3H3. The number of hydrogen-bond donors (Lipinski definition) is 0.